The van der Waals surface area contributed by atoms with Crippen LogP contribution in [0.25, 0.3) is 0 Å². The van der Waals surface area contributed by atoms with E-state index in [1.165, 1.54) is 30.3 Å². The molecule has 2 aromatic rings. The third kappa shape index (κ3) is 3.72. The van der Waals surface area contributed by atoms with E-state index in [4.69, 9.17) is 11.6 Å². The van der Waals surface area contributed by atoms with Gasteiger partial charge in [-0.3, -0.25) is 14.8 Å². The molecule has 2 aromatic carbocycles. The first-order chi connectivity index (χ1) is 9.79. The molecule has 9 heteroatoms. The number of halogens is 2. The lowest BCUT2D eigenvalue weighted by atomic mass is 10.3. The van der Waals surface area contributed by atoms with Gasteiger partial charge in [-0.1, -0.05) is 33.6 Å². The highest BCUT2D eigenvalue weighted by atomic mass is 79.9. The molecular weight excluding hydrogens is 384 g/mol. The minimum Gasteiger partial charge on any atom is -0.278 e. The van der Waals surface area contributed by atoms with Crippen LogP contribution in [-0.2, 0) is 10.0 Å². The van der Waals surface area contributed by atoms with Gasteiger partial charge in [0.25, 0.3) is 15.7 Å². The first-order valence-corrected chi connectivity index (χ1v) is 8.17. The van der Waals surface area contributed by atoms with Crippen molar-refractivity contribution in [1.82, 2.24) is 0 Å². The van der Waals surface area contributed by atoms with E-state index in [2.05, 4.69) is 20.7 Å². The molecular formula is C12H8BrClN2O4S. The average molecular weight is 392 g/mol. The van der Waals surface area contributed by atoms with Crippen LogP contribution in [0.3, 0.4) is 0 Å². The van der Waals surface area contributed by atoms with Crippen LogP contribution in [0, 0.1) is 10.1 Å². The zero-order valence-electron chi connectivity index (χ0n) is 10.3. The summed E-state index contributed by atoms with van der Waals surface area (Å²) in [5.41, 5.74) is -0.129. The molecule has 0 radical (unpaired) electrons. The van der Waals surface area contributed by atoms with Crippen molar-refractivity contribution >= 4 is 48.9 Å². The lowest BCUT2D eigenvalue weighted by molar-refractivity contribution is -0.385. The zero-order valence-corrected chi connectivity index (χ0v) is 13.4. The quantitative estimate of drug-likeness (QED) is 0.634. The molecule has 21 heavy (non-hydrogen) atoms. The molecule has 0 saturated heterocycles. The molecule has 0 atom stereocenters. The number of non-ortho nitro benzene ring substituents is 1. The number of nitro benzene ring substituents is 1. The lowest BCUT2D eigenvalue weighted by Crippen LogP contribution is -2.13. The second-order valence-corrected chi connectivity index (χ2v) is 6.99. The molecule has 1 N–H and O–H groups in total. The Kier molecular flexibility index (Phi) is 4.50. The summed E-state index contributed by atoms with van der Waals surface area (Å²) < 4.78 is 27.4. The molecule has 0 fully saturated rings. The molecule has 0 unspecified atom stereocenters. The Morgan fingerprint density at radius 2 is 1.90 bits per heavy atom. The predicted octanol–water partition coefficient (Wildman–Crippen LogP) is 3.81. The number of nitrogens with zero attached hydrogens (tertiary/aromatic N) is 1. The van der Waals surface area contributed by atoms with Crippen LogP contribution >= 0.6 is 27.5 Å². The fourth-order valence-corrected chi connectivity index (χ4v) is 3.24. The monoisotopic (exact) mass is 390 g/mol. The van der Waals surface area contributed by atoms with Crippen molar-refractivity contribution in [3.05, 3.63) is 62.1 Å². The van der Waals surface area contributed by atoms with Gasteiger partial charge in [0.05, 0.1) is 20.5 Å². The Bertz CT molecular complexity index is 811. The van der Waals surface area contributed by atoms with E-state index in [1.54, 1.807) is 6.07 Å². The fraction of sp³-hybridized carbons (Fsp3) is 0. The van der Waals surface area contributed by atoms with Gasteiger partial charge in [-0.15, -0.1) is 0 Å². The standard InChI is InChI=1S/C12H8BrClN2O4S/c13-8-4-5-11(14)12(6-8)15-21(19,20)10-3-1-2-9(7-10)16(17)18/h1-7,15H. The van der Waals surface area contributed by atoms with Crippen molar-refractivity contribution in [3.8, 4) is 0 Å². The highest BCUT2D eigenvalue weighted by Crippen LogP contribution is 2.28. The summed E-state index contributed by atoms with van der Waals surface area (Å²) in [4.78, 5) is 9.82. The maximum Gasteiger partial charge on any atom is 0.270 e. The SMILES string of the molecule is O=[N+]([O-])c1cccc(S(=O)(=O)Nc2cc(Br)ccc2Cl)c1. The van der Waals surface area contributed by atoms with Gasteiger partial charge < -0.3 is 0 Å². The average Bonchev–Trinajstić information content (AvgIpc) is 2.43. The van der Waals surface area contributed by atoms with Crippen LogP contribution in [0.5, 0.6) is 0 Å². The van der Waals surface area contributed by atoms with Gasteiger partial charge in [-0.25, -0.2) is 8.42 Å². The third-order valence-corrected chi connectivity index (χ3v) is 4.70. The fourth-order valence-electron chi connectivity index (χ4n) is 1.54. The van der Waals surface area contributed by atoms with Crippen LogP contribution in [-0.4, -0.2) is 13.3 Å². The number of sulfonamides is 1. The van der Waals surface area contributed by atoms with Gasteiger partial charge in [-0.2, -0.15) is 0 Å². The largest absolute Gasteiger partial charge is 0.278 e. The van der Waals surface area contributed by atoms with E-state index < -0.39 is 14.9 Å². The number of benzene rings is 2. The summed E-state index contributed by atoms with van der Waals surface area (Å²) in [6, 6.07) is 9.44. The maximum atomic E-state index is 12.2. The first-order valence-electron chi connectivity index (χ1n) is 5.52. The van der Waals surface area contributed by atoms with E-state index in [0.717, 1.165) is 6.07 Å². The van der Waals surface area contributed by atoms with Crippen LogP contribution in [0.4, 0.5) is 11.4 Å². The summed E-state index contributed by atoms with van der Waals surface area (Å²) in [6.45, 7) is 0. The molecule has 0 spiro atoms. The number of hydrogen-bond acceptors (Lipinski definition) is 4. The summed E-state index contributed by atoms with van der Waals surface area (Å²) in [5.74, 6) is 0. The Morgan fingerprint density at radius 3 is 2.57 bits per heavy atom. The molecule has 0 aliphatic carbocycles. The molecule has 0 heterocycles. The number of anilines is 1. The van der Waals surface area contributed by atoms with Crippen molar-refractivity contribution in [1.29, 1.82) is 0 Å². The van der Waals surface area contributed by atoms with E-state index >= 15 is 0 Å². The number of rotatable bonds is 4. The summed E-state index contributed by atoms with van der Waals surface area (Å²) in [5, 5.41) is 10.9. The van der Waals surface area contributed by atoms with E-state index in [9.17, 15) is 18.5 Å². The molecule has 0 aliphatic heterocycles. The maximum absolute atomic E-state index is 12.2. The Morgan fingerprint density at radius 1 is 1.19 bits per heavy atom. The second-order valence-electron chi connectivity index (χ2n) is 3.98. The van der Waals surface area contributed by atoms with Crippen molar-refractivity contribution in [2.75, 3.05) is 4.72 Å². The molecule has 0 amide bonds. The number of nitrogens with one attached hydrogen (secondary N) is 1. The van der Waals surface area contributed by atoms with Crippen LogP contribution in [0.2, 0.25) is 5.02 Å². The third-order valence-electron chi connectivity index (χ3n) is 2.51. The summed E-state index contributed by atoms with van der Waals surface area (Å²) >= 11 is 9.12. The summed E-state index contributed by atoms with van der Waals surface area (Å²) in [6.07, 6.45) is 0. The number of nitro groups is 1. The van der Waals surface area contributed by atoms with Gasteiger partial charge >= 0.3 is 0 Å². The van der Waals surface area contributed by atoms with E-state index in [-0.39, 0.29) is 21.3 Å². The number of hydrogen-bond donors (Lipinski definition) is 1. The first kappa shape index (κ1) is 15.7. The lowest BCUT2D eigenvalue weighted by Gasteiger charge is -2.10. The Balaban J connectivity index is 2.41. The van der Waals surface area contributed by atoms with Gasteiger partial charge in [-0.05, 0) is 24.3 Å². The normalized spacial score (nSPS) is 11.1. The minimum absolute atomic E-state index is 0.178. The Hall–Kier alpha value is -1.64. The van der Waals surface area contributed by atoms with Crippen molar-refractivity contribution < 1.29 is 13.3 Å². The predicted molar refractivity (Wildman–Crippen MR) is 83.1 cm³/mol. The molecule has 6 nitrogen and oxygen atoms in total. The van der Waals surface area contributed by atoms with E-state index in [0.29, 0.717) is 4.47 Å². The highest BCUT2D eigenvalue weighted by molar-refractivity contribution is 9.10. The van der Waals surface area contributed by atoms with Gasteiger partial charge in [0, 0.05) is 16.6 Å². The molecule has 0 aliphatic rings. The second kappa shape index (κ2) is 6.00. The molecule has 110 valence electrons. The summed E-state index contributed by atoms with van der Waals surface area (Å²) in [7, 11) is -3.97. The van der Waals surface area contributed by atoms with Crippen LogP contribution in [0.15, 0.2) is 51.8 Å². The van der Waals surface area contributed by atoms with Gasteiger partial charge in [0.15, 0.2) is 0 Å². The zero-order chi connectivity index (χ0) is 15.6. The molecule has 0 saturated carbocycles. The molecule has 0 aromatic heterocycles. The van der Waals surface area contributed by atoms with Crippen molar-refractivity contribution in [2.24, 2.45) is 0 Å². The van der Waals surface area contributed by atoms with Crippen LogP contribution < -0.4 is 4.72 Å². The highest BCUT2D eigenvalue weighted by Gasteiger charge is 2.18. The van der Waals surface area contributed by atoms with Crippen molar-refractivity contribution in [2.45, 2.75) is 4.90 Å². The Labute approximate surface area is 134 Å². The van der Waals surface area contributed by atoms with Gasteiger partial charge in [0.2, 0.25) is 0 Å². The molecule has 0 bridgehead atoms. The minimum atomic E-state index is -3.97. The topological polar surface area (TPSA) is 89.3 Å². The smallest absolute Gasteiger partial charge is 0.270 e. The van der Waals surface area contributed by atoms with Gasteiger partial charge in [0.1, 0.15) is 0 Å². The van der Waals surface area contributed by atoms with Crippen LogP contribution in [0.1, 0.15) is 0 Å². The van der Waals surface area contributed by atoms with Crippen molar-refractivity contribution in [3.63, 3.8) is 0 Å². The molecule has 2 rings (SSSR count). The van der Waals surface area contributed by atoms with E-state index in [1.807, 2.05) is 0 Å².